The van der Waals surface area contributed by atoms with Gasteiger partial charge >= 0.3 is 0 Å². The third-order valence-electron chi connectivity index (χ3n) is 2.40. The number of benzene rings is 1. The van der Waals surface area contributed by atoms with Crippen LogP contribution in [-0.2, 0) is 0 Å². The predicted octanol–water partition coefficient (Wildman–Crippen LogP) is 2.85. The van der Waals surface area contributed by atoms with Crippen LogP contribution >= 0.6 is 0 Å². The Hall–Kier alpha value is -1.12. The van der Waals surface area contributed by atoms with Gasteiger partial charge in [-0.3, -0.25) is 0 Å². The van der Waals surface area contributed by atoms with Crippen molar-refractivity contribution in [1.29, 1.82) is 0 Å². The van der Waals surface area contributed by atoms with Gasteiger partial charge in [-0.2, -0.15) is 0 Å². The Morgan fingerprint density at radius 1 is 1.46 bits per heavy atom. The van der Waals surface area contributed by atoms with Gasteiger partial charge in [-0.25, -0.2) is 8.78 Å². The normalized spacial score (nSPS) is 19.8. The van der Waals surface area contributed by atoms with E-state index in [0.29, 0.717) is 17.9 Å². The lowest BCUT2D eigenvalue weighted by molar-refractivity contribution is 0.327. The SMILES string of the molecule is CCC1COc2cc(F)cc(F)c21. The van der Waals surface area contributed by atoms with E-state index in [1.54, 1.807) is 0 Å². The standard InChI is InChI=1S/C10H10F2O/c1-2-6-5-13-9-4-7(11)3-8(12)10(6)9/h3-4,6H,2,5H2,1H3. The Morgan fingerprint density at radius 3 is 2.92 bits per heavy atom. The van der Waals surface area contributed by atoms with Crippen LogP contribution in [0.4, 0.5) is 8.78 Å². The van der Waals surface area contributed by atoms with Gasteiger partial charge in [-0.1, -0.05) is 6.92 Å². The molecule has 1 aliphatic heterocycles. The van der Waals surface area contributed by atoms with E-state index in [4.69, 9.17) is 4.74 Å². The molecular weight excluding hydrogens is 174 g/mol. The van der Waals surface area contributed by atoms with E-state index < -0.39 is 11.6 Å². The second-order valence-corrected chi connectivity index (χ2v) is 3.22. The summed E-state index contributed by atoms with van der Waals surface area (Å²) in [7, 11) is 0. The van der Waals surface area contributed by atoms with E-state index in [1.807, 2.05) is 6.92 Å². The van der Waals surface area contributed by atoms with Crippen LogP contribution in [0.1, 0.15) is 24.8 Å². The molecule has 1 unspecified atom stereocenters. The maximum absolute atomic E-state index is 13.3. The third-order valence-corrected chi connectivity index (χ3v) is 2.40. The number of fused-ring (bicyclic) bond motifs is 1. The summed E-state index contributed by atoms with van der Waals surface area (Å²) in [6, 6.07) is 2.16. The third kappa shape index (κ3) is 1.28. The first kappa shape index (κ1) is 8.48. The molecule has 1 aliphatic rings. The molecular formula is C10H10F2O. The molecule has 0 amide bonds. The molecule has 0 bridgehead atoms. The van der Waals surface area contributed by atoms with Crippen molar-refractivity contribution in [2.75, 3.05) is 6.61 Å². The predicted molar refractivity (Wildman–Crippen MR) is 44.9 cm³/mol. The molecule has 2 rings (SSSR count). The van der Waals surface area contributed by atoms with E-state index in [1.165, 1.54) is 6.07 Å². The number of ether oxygens (including phenoxy) is 1. The lowest BCUT2D eigenvalue weighted by Crippen LogP contribution is -1.99. The highest BCUT2D eigenvalue weighted by Gasteiger charge is 2.26. The van der Waals surface area contributed by atoms with Crippen LogP contribution < -0.4 is 4.74 Å². The zero-order chi connectivity index (χ0) is 9.42. The van der Waals surface area contributed by atoms with Crippen LogP contribution in [0.5, 0.6) is 5.75 Å². The van der Waals surface area contributed by atoms with Crippen molar-refractivity contribution in [3.05, 3.63) is 29.3 Å². The number of halogens is 2. The van der Waals surface area contributed by atoms with Crippen molar-refractivity contribution in [2.24, 2.45) is 0 Å². The van der Waals surface area contributed by atoms with Crippen LogP contribution in [0, 0.1) is 11.6 Å². The summed E-state index contributed by atoms with van der Waals surface area (Å²) in [6.45, 7) is 2.43. The highest BCUT2D eigenvalue weighted by molar-refractivity contribution is 5.41. The van der Waals surface area contributed by atoms with Crippen molar-refractivity contribution in [1.82, 2.24) is 0 Å². The maximum Gasteiger partial charge on any atom is 0.133 e. The van der Waals surface area contributed by atoms with Crippen molar-refractivity contribution in [3.8, 4) is 5.75 Å². The zero-order valence-corrected chi connectivity index (χ0v) is 7.31. The molecule has 0 radical (unpaired) electrons. The second kappa shape index (κ2) is 2.98. The van der Waals surface area contributed by atoms with Crippen molar-refractivity contribution in [2.45, 2.75) is 19.3 Å². The van der Waals surface area contributed by atoms with Gasteiger partial charge in [-0.05, 0) is 6.42 Å². The van der Waals surface area contributed by atoms with E-state index in [-0.39, 0.29) is 5.92 Å². The highest BCUT2D eigenvalue weighted by atomic mass is 19.1. The molecule has 0 spiro atoms. The Labute approximate surface area is 75.3 Å². The Balaban J connectivity index is 2.51. The molecule has 0 N–H and O–H groups in total. The minimum absolute atomic E-state index is 0.0793. The summed E-state index contributed by atoms with van der Waals surface area (Å²) < 4.78 is 31.2. The van der Waals surface area contributed by atoms with E-state index >= 15 is 0 Å². The fraction of sp³-hybridized carbons (Fsp3) is 0.400. The second-order valence-electron chi connectivity index (χ2n) is 3.22. The Morgan fingerprint density at radius 2 is 2.23 bits per heavy atom. The molecule has 1 nitrogen and oxygen atoms in total. The smallest absolute Gasteiger partial charge is 0.133 e. The minimum Gasteiger partial charge on any atom is -0.492 e. The van der Waals surface area contributed by atoms with Crippen LogP contribution in [0.15, 0.2) is 12.1 Å². The first-order valence-electron chi connectivity index (χ1n) is 4.34. The van der Waals surface area contributed by atoms with Crippen molar-refractivity contribution in [3.63, 3.8) is 0 Å². The van der Waals surface area contributed by atoms with Crippen LogP contribution in [-0.4, -0.2) is 6.61 Å². The van der Waals surface area contributed by atoms with E-state index in [0.717, 1.165) is 12.5 Å². The lowest BCUT2D eigenvalue weighted by Gasteiger charge is -2.04. The van der Waals surface area contributed by atoms with Crippen LogP contribution in [0.25, 0.3) is 0 Å². The molecule has 1 atom stereocenters. The largest absolute Gasteiger partial charge is 0.492 e. The molecule has 0 aliphatic carbocycles. The molecule has 0 aromatic heterocycles. The van der Waals surface area contributed by atoms with Crippen LogP contribution in [0.2, 0.25) is 0 Å². The number of rotatable bonds is 1. The van der Waals surface area contributed by atoms with Gasteiger partial charge in [0.1, 0.15) is 17.4 Å². The molecule has 1 aromatic rings. The molecule has 0 fully saturated rings. The fourth-order valence-corrected chi connectivity index (χ4v) is 1.67. The average molecular weight is 184 g/mol. The Bertz CT molecular complexity index is 336. The molecule has 1 heterocycles. The lowest BCUT2D eigenvalue weighted by atomic mass is 9.98. The highest BCUT2D eigenvalue weighted by Crippen LogP contribution is 2.37. The molecule has 0 saturated heterocycles. The summed E-state index contributed by atoms with van der Waals surface area (Å²) in [4.78, 5) is 0. The quantitative estimate of drug-likeness (QED) is 0.652. The first-order chi connectivity index (χ1) is 6.22. The van der Waals surface area contributed by atoms with Gasteiger partial charge in [0.05, 0.1) is 6.61 Å². The minimum atomic E-state index is -0.576. The van der Waals surface area contributed by atoms with E-state index in [2.05, 4.69) is 0 Å². The average Bonchev–Trinajstić information content (AvgIpc) is 2.47. The summed E-state index contributed by atoms with van der Waals surface area (Å²) in [5.74, 6) is -0.618. The number of hydrogen-bond donors (Lipinski definition) is 0. The molecule has 0 saturated carbocycles. The van der Waals surface area contributed by atoms with Gasteiger partial charge in [0, 0.05) is 23.6 Å². The van der Waals surface area contributed by atoms with Crippen molar-refractivity contribution < 1.29 is 13.5 Å². The van der Waals surface area contributed by atoms with Gasteiger partial charge in [0.2, 0.25) is 0 Å². The summed E-state index contributed by atoms with van der Waals surface area (Å²) in [6.07, 6.45) is 0.815. The Kier molecular flexibility index (Phi) is 1.94. The molecule has 70 valence electrons. The van der Waals surface area contributed by atoms with Gasteiger partial charge in [0.15, 0.2) is 0 Å². The fourth-order valence-electron chi connectivity index (χ4n) is 1.67. The molecule has 1 aromatic carbocycles. The zero-order valence-electron chi connectivity index (χ0n) is 7.31. The summed E-state index contributed by atoms with van der Waals surface area (Å²) in [5.41, 5.74) is 0.531. The summed E-state index contributed by atoms with van der Waals surface area (Å²) >= 11 is 0. The van der Waals surface area contributed by atoms with Gasteiger partial charge in [-0.15, -0.1) is 0 Å². The van der Waals surface area contributed by atoms with Gasteiger partial charge in [0.25, 0.3) is 0 Å². The number of hydrogen-bond acceptors (Lipinski definition) is 1. The molecule has 13 heavy (non-hydrogen) atoms. The molecule has 3 heteroatoms. The maximum atomic E-state index is 13.3. The van der Waals surface area contributed by atoms with Crippen LogP contribution in [0.3, 0.4) is 0 Å². The van der Waals surface area contributed by atoms with Gasteiger partial charge < -0.3 is 4.74 Å². The van der Waals surface area contributed by atoms with E-state index in [9.17, 15) is 8.78 Å². The first-order valence-corrected chi connectivity index (χ1v) is 4.34. The topological polar surface area (TPSA) is 9.23 Å². The summed E-state index contributed by atoms with van der Waals surface area (Å²) in [5, 5.41) is 0. The van der Waals surface area contributed by atoms with Crippen molar-refractivity contribution >= 4 is 0 Å². The monoisotopic (exact) mass is 184 g/mol.